The molecule has 3 nitrogen and oxygen atoms in total. The zero-order valence-electron chi connectivity index (χ0n) is 18.8. The second-order valence-electron chi connectivity index (χ2n) is 10.6. The third kappa shape index (κ3) is 4.29. The molecule has 0 bridgehead atoms. The first kappa shape index (κ1) is 21.7. The van der Waals surface area contributed by atoms with E-state index in [1.807, 2.05) is 13.8 Å². The van der Waals surface area contributed by atoms with Gasteiger partial charge in [-0.1, -0.05) is 41.5 Å². The lowest BCUT2D eigenvalue weighted by molar-refractivity contribution is -0.137. The van der Waals surface area contributed by atoms with Crippen molar-refractivity contribution < 1.29 is 4.79 Å². The summed E-state index contributed by atoms with van der Waals surface area (Å²) in [5.74, 6) is 2.86. The van der Waals surface area contributed by atoms with E-state index in [1.165, 1.54) is 25.9 Å². The number of likely N-dealkylation sites (tertiary alicyclic amines) is 2. The molecule has 152 valence electrons. The van der Waals surface area contributed by atoms with Crippen molar-refractivity contribution in [3.63, 3.8) is 0 Å². The third-order valence-electron chi connectivity index (χ3n) is 8.17. The molecule has 0 aromatic carbocycles. The van der Waals surface area contributed by atoms with Gasteiger partial charge in [-0.25, -0.2) is 0 Å². The second kappa shape index (κ2) is 8.20. The van der Waals surface area contributed by atoms with Gasteiger partial charge < -0.3 is 4.90 Å². The number of carbonyl (C=O) groups excluding carboxylic acids is 1. The summed E-state index contributed by atoms with van der Waals surface area (Å²) >= 11 is 0. The number of hydrogen-bond acceptors (Lipinski definition) is 2. The first-order valence-electron chi connectivity index (χ1n) is 11.0. The Morgan fingerprint density at radius 3 is 1.77 bits per heavy atom. The first-order valence-corrected chi connectivity index (χ1v) is 11.0. The summed E-state index contributed by atoms with van der Waals surface area (Å²) in [5, 5.41) is 0. The lowest BCUT2D eigenvalue weighted by atomic mass is 9.62. The Labute approximate surface area is 162 Å². The molecule has 0 saturated carbocycles. The molecule has 2 heterocycles. The Bertz CT molecular complexity index is 465. The maximum absolute atomic E-state index is 12.3. The van der Waals surface area contributed by atoms with Gasteiger partial charge in [0.2, 0.25) is 5.91 Å². The molecule has 0 radical (unpaired) electrons. The molecule has 2 rings (SSSR count). The maximum atomic E-state index is 12.3. The predicted molar refractivity (Wildman–Crippen MR) is 111 cm³/mol. The lowest BCUT2D eigenvalue weighted by Gasteiger charge is -2.56. The summed E-state index contributed by atoms with van der Waals surface area (Å²) in [6, 6.07) is 0. The summed E-state index contributed by atoms with van der Waals surface area (Å²) in [4.78, 5) is 17.2. The minimum atomic E-state index is 0.123. The average Bonchev–Trinajstić information content (AvgIpc) is 2.61. The molecule has 2 aliphatic heterocycles. The average molecular weight is 365 g/mol. The smallest absolute Gasteiger partial charge is 0.225 e. The van der Waals surface area contributed by atoms with E-state index in [1.54, 1.807) is 0 Å². The fourth-order valence-corrected chi connectivity index (χ4v) is 5.22. The van der Waals surface area contributed by atoms with Gasteiger partial charge in [0.15, 0.2) is 0 Å². The third-order valence-corrected chi connectivity index (χ3v) is 8.17. The SMILES string of the molecule is CC(C)C(=O)N1CCC(C(C)(C)C(C)(C)N2CCC(C(C)C)CC2)CC1. The number of hydrogen-bond donors (Lipinski definition) is 0. The van der Waals surface area contributed by atoms with Crippen LogP contribution in [0.5, 0.6) is 0 Å². The van der Waals surface area contributed by atoms with Crippen LogP contribution in [0.1, 0.15) is 81.1 Å². The van der Waals surface area contributed by atoms with Gasteiger partial charge in [0.05, 0.1) is 0 Å². The van der Waals surface area contributed by atoms with Crippen molar-refractivity contribution >= 4 is 5.91 Å². The topological polar surface area (TPSA) is 23.6 Å². The van der Waals surface area contributed by atoms with Crippen LogP contribution in [0.3, 0.4) is 0 Å². The maximum Gasteiger partial charge on any atom is 0.225 e. The quantitative estimate of drug-likeness (QED) is 0.681. The Kier molecular flexibility index (Phi) is 6.86. The molecule has 0 unspecified atom stereocenters. The first-order chi connectivity index (χ1) is 12.0. The van der Waals surface area contributed by atoms with Crippen molar-refractivity contribution in [2.75, 3.05) is 26.2 Å². The van der Waals surface area contributed by atoms with Gasteiger partial charge in [0.1, 0.15) is 0 Å². The van der Waals surface area contributed by atoms with Crippen molar-refractivity contribution in [3.05, 3.63) is 0 Å². The second-order valence-corrected chi connectivity index (χ2v) is 10.6. The van der Waals surface area contributed by atoms with Crippen LogP contribution in [0, 0.1) is 29.1 Å². The fraction of sp³-hybridized carbons (Fsp3) is 0.957. The van der Waals surface area contributed by atoms with Gasteiger partial charge in [0, 0.05) is 24.5 Å². The minimum Gasteiger partial charge on any atom is -0.342 e. The van der Waals surface area contributed by atoms with E-state index < -0.39 is 0 Å². The van der Waals surface area contributed by atoms with Crippen molar-refractivity contribution in [3.8, 4) is 0 Å². The minimum absolute atomic E-state index is 0.123. The number of piperidine rings is 2. The van der Waals surface area contributed by atoms with Gasteiger partial charge in [-0.15, -0.1) is 0 Å². The summed E-state index contributed by atoms with van der Waals surface area (Å²) in [7, 11) is 0. The molecule has 26 heavy (non-hydrogen) atoms. The molecule has 3 heteroatoms. The normalized spacial score (nSPS) is 22.5. The number of rotatable bonds is 5. The molecule has 0 aromatic rings. The highest BCUT2D eigenvalue weighted by Gasteiger charge is 2.48. The van der Waals surface area contributed by atoms with Crippen LogP contribution in [0.2, 0.25) is 0 Å². The van der Waals surface area contributed by atoms with Crippen LogP contribution < -0.4 is 0 Å². The Morgan fingerprint density at radius 2 is 1.35 bits per heavy atom. The van der Waals surface area contributed by atoms with Gasteiger partial charge >= 0.3 is 0 Å². The Balaban J connectivity index is 1.99. The molecule has 1 amide bonds. The van der Waals surface area contributed by atoms with Gasteiger partial charge in [0.25, 0.3) is 0 Å². The van der Waals surface area contributed by atoms with Crippen LogP contribution in [0.4, 0.5) is 0 Å². The fourth-order valence-electron chi connectivity index (χ4n) is 5.22. The zero-order chi connectivity index (χ0) is 19.7. The molecule has 0 aliphatic carbocycles. The molecule has 2 saturated heterocycles. The lowest BCUT2D eigenvalue weighted by Crippen LogP contribution is -2.60. The number of nitrogens with zero attached hydrogens (tertiary/aromatic N) is 2. The predicted octanol–water partition coefficient (Wildman–Crippen LogP) is 5.05. The van der Waals surface area contributed by atoms with E-state index in [0.717, 1.165) is 37.8 Å². The van der Waals surface area contributed by atoms with E-state index in [2.05, 4.69) is 51.3 Å². The van der Waals surface area contributed by atoms with Crippen LogP contribution in [0.15, 0.2) is 0 Å². The Morgan fingerprint density at radius 1 is 0.846 bits per heavy atom. The highest BCUT2D eigenvalue weighted by Crippen LogP contribution is 2.47. The molecular weight excluding hydrogens is 320 g/mol. The summed E-state index contributed by atoms with van der Waals surface area (Å²) < 4.78 is 0. The summed E-state index contributed by atoms with van der Waals surface area (Å²) in [6.45, 7) is 23.0. The highest BCUT2D eigenvalue weighted by atomic mass is 16.2. The number of amides is 1. The zero-order valence-corrected chi connectivity index (χ0v) is 18.8. The standard InChI is InChI=1S/C23H44N2O/c1-17(2)19-9-15-25(16-10-19)23(7,8)22(5,6)20-11-13-24(14-12-20)21(26)18(3)4/h17-20H,9-16H2,1-8H3. The molecule has 0 N–H and O–H groups in total. The van der Waals surface area contributed by atoms with E-state index in [0.29, 0.717) is 11.8 Å². The van der Waals surface area contributed by atoms with Crippen LogP contribution in [0.25, 0.3) is 0 Å². The van der Waals surface area contributed by atoms with Gasteiger partial charge in [-0.3, -0.25) is 9.69 Å². The van der Waals surface area contributed by atoms with Crippen molar-refractivity contribution in [2.24, 2.45) is 29.1 Å². The van der Waals surface area contributed by atoms with Gasteiger partial charge in [-0.05, 0) is 75.8 Å². The van der Waals surface area contributed by atoms with Crippen molar-refractivity contribution in [2.45, 2.75) is 86.6 Å². The van der Waals surface area contributed by atoms with E-state index >= 15 is 0 Å². The van der Waals surface area contributed by atoms with E-state index in [4.69, 9.17) is 0 Å². The number of carbonyl (C=O) groups is 1. The summed E-state index contributed by atoms with van der Waals surface area (Å²) in [6.07, 6.45) is 4.99. The van der Waals surface area contributed by atoms with Crippen molar-refractivity contribution in [1.82, 2.24) is 9.80 Å². The van der Waals surface area contributed by atoms with Crippen LogP contribution in [-0.4, -0.2) is 47.4 Å². The molecule has 0 spiro atoms. The molecular formula is C23H44N2O. The monoisotopic (exact) mass is 364 g/mol. The molecule has 2 aliphatic rings. The molecule has 0 aromatic heterocycles. The molecule has 0 atom stereocenters. The highest BCUT2D eigenvalue weighted by molar-refractivity contribution is 5.78. The summed E-state index contributed by atoms with van der Waals surface area (Å²) in [5.41, 5.74) is 0.453. The van der Waals surface area contributed by atoms with E-state index in [-0.39, 0.29) is 16.9 Å². The van der Waals surface area contributed by atoms with Crippen molar-refractivity contribution in [1.29, 1.82) is 0 Å². The Hall–Kier alpha value is -0.570. The van der Waals surface area contributed by atoms with Crippen LogP contribution in [-0.2, 0) is 4.79 Å². The van der Waals surface area contributed by atoms with E-state index in [9.17, 15) is 4.79 Å². The largest absolute Gasteiger partial charge is 0.342 e. The van der Waals surface area contributed by atoms with Gasteiger partial charge in [-0.2, -0.15) is 0 Å². The molecule has 2 fully saturated rings. The van der Waals surface area contributed by atoms with Crippen LogP contribution >= 0.6 is 0 Å².